The molecule has 13 heavy (non-hydrogen) atoms. The molecule has 1 aromatic rings. The first-order chi connectivity index (χ1) is 6.29. The zero-order chi connectivity index (χ0) is 9.15. The van der Waals surface area contributed by atoms with Gasteiger partial charge >= 0.3 is 5.97 Å². The third kappa shape index (κ3) is 1.81. The number of hydrogen-bond donors (Lipinski definition) is 1. The molecule has 1 N–H and O–H groups in total. The van der Waals surface area contributed by atoms with Crippen molar-refractivity contribution in [2.24, 2.45) is 0 Å². The lowest BCUT2D eigenvalue weighted by Gasteiger charge is -2.20. The third-order valence-electron chi connectivity index (χ3n) is 1.83. The van der Waals surface area contributed by atoms with Crippen LogP contribution < -0.4 is 0 Å². The topological polar surface area (TPSA) is 38.7 Å². The van der Waals surface area contributed by atoms with E-state index in [-0.39, 0.29) is 0 Å². The summed E-state index contributed by atoms with van der Waals surface area (Å²) in [5, 5.41) is 9.64. The third-order valence-corrected chi connectivity index (χ3v) is 1.83. The predicted molar refractivity (Wildman–Crippen MR) is 46.4 cm³/mol. The maximum Gasteiger partial charge on any atom is 0.372 e. The molecule has 0 unspecified atom stereocenters. The number of rotatable bonds is 2. The molecule has 0 spiro atoms. The van der Waals surface area contributed by atoms with Crippen molar-refractivity contribution in [2.75, 3.05) is 0 Å². The summed E-state index contributed by atoms with van der Waals surface area (Å²) in [4.78, 5) is 0. The van der Waals surface area contributed by atoms with Gasteiger partial charge in [0.1, 0.15) is 12.5 Å². The van der Waals surface area contributed by atoms with Gasteiger partial charge in [-0.2, -0.15) is 0 Å². The second kappa shape index (κ2) is 3.11. The Morgan fingerprint density at radius 1 is 1.08 bits per heavy atom. The highest BCUT2D eigenvalue weighted by atomic mass is 16.8. The van der Waals surface area contributed by atoms with Gasteiger partial charge in [-0.15, -0.1) is 0 Å². The van der Waals surface area contributed by atoms with Crippen LogP contribution in [0.1, 0.15) is 5.56 Å². The predicted octanol–water partition coefficient (Wildman–Crippen LogP) is 1.39. The van der Waals surface area contributed by atoms with Gasteiger partial charge in [-0.25, -0.2) is 0 Å². The lowest BCUT2D eigenvalue weighted by molar-refractivity contribution is -0.292. The molecule has 0 saturated heterocycles. The molecular formula is C10H10O3. The summed E-state index contributed by atoms with van der Waals surface area (Å²) >= 11 is 0. The quantitative estimate of drug-likeness (QED) is 0.743. The minimum atomic E-state index is -1.51. The van der Waals surface area contributed by atoms with E-state index in [0.29, 0.717) is 6.42 Å². The Hall–Kier alpha value is -1.48. The fourth-order valence-electron chi connectivity index (χ4n) is 1.23. The van der Waals surface area contributed by atoms with Crippen molar-refractivity contribution in [3.8, 4) is 0 Å². The molecule has 0 amide bonds. The summed E-state index contributed by atoms with van der Waals surface area (Å²) < 4.78 is 9.79. The van der Waals surface area contributed by atoms with E-state index in [2.05, 4.69) is 0 Å². The largest absolute Gasteiger partial charge is 0.435 e. The Morgan fingerprint density at radius 3 is 2.31 bits per heavy atom. The van der Waals surface area contributed by atoms with Crippen molar-refractivity contribution in [2.45, 2.75) is 12.4 Å². The summed E-state index contributed by atoms with van der Waals surface area (Å²) in [7, 11) is 0. The van der Waals surface area contributed by atoms with Gasteiger partial charge in [0.2, 0.25) is 0 Å². The van der Waals surface area contributed by atoms with Crippen molar-refractivity contribution >= 4 is 0 Å². The van der Waals surface area contributed by atoms with Gasteiger partial charge in [0.25, 0.3) is 0 Å². The Balaban J connectivity index is 2.06. The molecule has 0 saturated carbocycles. The Morgan fingerprint density at radius 2 is 1.69 bits per heavy atom. The van der Waals surface area contributed by atoms with Crippen LogP contribution in [0.5, 0.6) is 0 Å². The van der Waals surface area contributed by atoms with Crippen LogP contribution in [-0.2, 0) is 15.9 Å². The summed E-state index contributed by atoms with van der Waals surface area (Å²) in [5.41, 5.74) is 0.966. The highest BCUT2D eigenvalue weighted by molar-refractivity contribution is 5.15. The first kappa shape index (κ1) is 8.13. The molecule has 0 atom stereocenters. The molecule has 3 heteroatoms. The second-order valence-corrected chi connectivity index (χ2v) is 2.88. The molecule has 0 aliphatic carbocycles. The number of aliphatic hydroxyl groups is 1. The van der Waals surface area contributed by atoms with Crippen molar-refractivity contribution in [1.29, 1.82) is 0 Å². The normalized spacial score (nSPS) is 17.9. The Labute approximate surface area is 76.2 Å². The SMILES string of the molecule is OC1(Cc2ccccc2)OC=CO1. The van der Waals surface area contributed by atoms with E-state index >= 15 is 0 Å². The zero-order valence-electron chi connectivity index (χ0n) is 7.01. The maximum atomic E-state index is 9.64. The van der Waals surface area contributed by atoms with E-state index < -0.39 is 5.97 Å². The van der Waals surface area contributed by atoms with Gasteiger partial charge in [0, 0.05) is 0 Å². The first-order valence-electron chi connectivity index (χ1n) is 4.05. The van der Waals surface area contributed by atoms with Gasteiger partial charge in [-0.3, -0.25) is 0 Å². The molecule has 3 nitrogen and oxygen atoms in total. The van der Waals surface area contributed by atoms with Crippen LogP contribution in [0.3, 0.4) is 0 Å². The van der Waals surface area contributed by atoms with Gasteiger partial charge in [0.05, 0.1) is 6.42 Å². The Kier molecular flexibility index (Phi) is 1.94. The summed E-state index contributed by atoms with van der Waals surface area (Å²) in [6.45, 7) is 0. The molecule has 1 aromatic carbocycles. The molecule has 0 fully saturated rings. The van der Waals surface area contributed by atoms with Gasteiger partial charge in [0.15, 0.2) is 0 Å². The average Bonchev–Trinajstić information content (AvgIpc) is 2.54. The van der Waals surface area contributed by atoms with E-state index in [1.54, 1.807) is 0 Å². The fraction of sp³-hybridized carbons (Fsp3) is 0.200. The number of ether oxygens (including phenoxy) is 2. The van der Waals surface area contributed by atoms with Gasteiger partial charge in [-0.1, -0.05) is 30.3 Å². The van der Waals surface area contributed by atoms with Crippen molar-refractivity contribution in [3.05, 3.63) is 48.4 Å². The molecule has 0 aromatic heterocycles. The van der Waals surface area contributed by atoms with Crippen molar-refractivity contribution in [1.82, 2.24) is 0 Å². The van der Waals surface area contributed by atoms with E-state index in [9.17, 15) is 5.11 Å². The minimum absolute atomic E-state index is 0.320. The van der Waals surface area contributed by atoms with Crippen LogP contribution in [0.15, 0.2) is 42.9 Å². The number of benzene rings is 1. The molecule has 1 aliphatic rings. The Bertz CT molecular complexity index is 297. The molecule has 0 bridgehead atoms. The van der Waals surface area contributed by atoms with Crippen LogP contribution in [0.25, 0.3) is 0 Å². The molecule has 1 aliphatic heterocycles. The zero-order valence-corrected chi connectivity index (χ0v) is 7.01. The standard InChI is InChI=1S/C10H10O3/c11-10(12-6-7-13-10)8-9-4-2-1-3-5-9/h1-7,11H,8H2. The maximum absolute atomic E-state index is 9.64. The molecule has 68 valence electrons. The lowest BCUT2D eigenvalue weighted by Crippen LogP contribution is -2.31. The molecule has 0 radical (unpaired) electrons. The molecule has 1 heterocycles. The van der Waals surface area contributed by atoms with Crippen LogP contribution in [0, 0.1) is 0 Å². The van der Waals surface area contributed by atoms with E-state index in [4.69, 9.17) is 9.47 Å². The van der Waals surface area contributed by atoms with Crippen molar-refractivity contribution < 1.29 is 14.6 Å². The van der Waals surface area contributed by atoms with Gasteiger partial charge < -0.3 is 14.6 Å². The van der Waals surface area contributed by atoms with E-state index in [1.807, 2.05) is 30.3 Å². The highest BCUT2D eigenvalue weighted by Gasteiger charge is 2.32. The molecule has 2 rings (SSSR count). The summed E-state index contributed by atoms with van der Waals surface area (Å²) in [6, 6.07) is 9.54. The monoisotopic (exact) mass is 178 g/mol. The van der Waals surface area contributed by atoms with Crippen LogP contribution in [0.2, 0.25) is 0 Å². The van der Waals surface area contributed by atoms with Crippen molar-refractivity contribution in [3.63, 3.8) is 0 Å². The highest BCUT2D eigenvalue weighted by Crippen LogP contribution is 2.21. The number of hydrogen-bond acceptors (Lipinski definition) is 3. The minimum Gasteiger partial charge on any atom is -0.435 e. The van der Waals surface area contributed by atoms with E-state index in [1.165, 1.54) is 12.5 Å². The molecular weight excluding hydrogens is 168 g/mol. The summed E-state index contributed by atoms with van der Waals surface area (Å²) in [5.74, 6) is -1.51. The average molecular weight is 178 g/mol. The fourth-order valence-corrected chi connectivity index (χ4v) is 1.23. The lowest BCUT2D eigenvalue weighted by atomic mass is 10.1. The first-order valence-corrected chi connectivity index (χ1v) is 4.05. The summed E-state index contributed by atoms with van der Waals surface area (Å²) in [6.07, 6.45) is 2.99. The van der Waals surface area contributed by atoms with Crippen LogP contribution in [0.4, 0.5) is 0 Å². The van der Waals surface area contributed by atoms with Crippen LogP contribution in [-0.4, -0.2) is 11.1 Å². The van der Waals surface area contributed by atoms with E-state index in [0.717, 1.165) is 5.56 Å². The van der Waals surface area contributed by atoms with Crippen LogP contribution >= 0.6 is 0 Å². The van der Waals surface area contributed by atoms with Gasteiger partial charge in [-0.05, 0) is 5.56 Å². The smallest absolute Gasteiger partial charge is 0.372 e. The second-order valence-electron chi connectivity index (χ2n) is 2.88.